The van der Waals surface area contributed by atoms with Gasteiger partial charge in [0, 0.05) is 22.2 Å². The van der Waals surface area contributed by atoms with Crippen LogP contribution in [0.15, 0.2) is 42.6 Å². The van der Waals surface area contributed by atoms with Crippen LogP contribution < -0.4 is 5.32 Å². The predicted octanol–water partition coefficient (Wildman–Crippen LogP) is 5.07. The number of rotatable bonds is 2. The molecule has 0 spiro atoms. The number of nitrogens with zero attached hydrogens (tertiary/aromatic N) is 3. The smallest absolute Gasteiger partial charge is 0.150 e. The van der Waals surface area contributed by atoms with E-state index in [1.807, 2.05) is 24.4 Å². The molecule has 3 heterocycles. The second kappa shape index (κ2) is 5.62. The first-order valence-electron chi connectivity index (χ1n) is 8.38. The van der Waals surface area contributed by atoms with Crippen molar-refractivity contribution in [1.29, 1.82) is 0 Å². The van der Waals surface area contributed by atoms with Crippen molar-refractivity contribution in [2.45, 2.75) is 52.4 Å². The zero-order valence-electron chi connectivity index (χ0n) is 15.4. The van der Waals surface area contributed by atoms with Gasteiger partial charge in [-0.2, -0.15) is 0 Å². The molecule has 1 N–H and O–H groups in total. The van der Waals surface area contributed by atoms with Gasteiger partial charge in [0.05, 0.1) is 6.20 Å². The summed E-state index contributed by atoms with van der Waals surface area (Å²) in [5, 5.41) is 3.34. The highest BCUT2D eigenvalue weighted by atomic mass is 15.1. The summed E-state index contributed by atoms with van der Waals surface area (Å²) in [6.07, 6.45) is 2.04. The Morgan fingerprint density at radius 1 is 0.792 bits per heavy atom. The molecule has 4 heteroatoms. The summed E-state index contributed by atoms with van der Waals surface area (Å²) in [4.78, 5) is 9.41. The number of hydrogen-bond donors (Lipinski definition) is 1. The van der Waals surface area contributed by atoms with Gasteiger partial charge in [0.2, 0.25) is 0 Å². The van der Waals surface area contributed by atoms with Crippen LogP contribution >= 0.6 is 0 Å². The molecule has 3 aromatic heterocycles. The minimum absolute atomic E-state index is 0.0238. The Kier molecular flexibility index (Phi) is 3.86. The monoisotopic (exact) mass is 322 g/mol. The molecule has 0 bridgehead atoms. The Hall–Kier alpha value is -2.36. The van der Waals surface area contributed by atoms with Gasteiger partial charge >= 0.3 is 0 Å². The third-order valence-corrected chi connectivity index (χ3v) is 4.03. The van der Waals surface area contributed by atoms with Crippen molar-refractivity contribution < 1.29 is 0 Å². The molecular formula is C20H26N4. The van der Waals surface area contributed by atoms with Crippen LogP contribution in [0.1, 0.15) is 52.9 Å². The van der Waals surface area contributed by atoms with Crippen molar-refractivity contribution in [1.82, 2.24) is 14.4 Å². The molecule has 0 saturated carbocycles. The van der Waals surface area contributed by atoms with Crippen LogP contribution in [0.3, 0.4) is 0 Å². The third-order valence-electron chi connectivity index (χ3n) is 4.03. The van der Waals surface area contributed by atoms with E-state index in [9.17, 15) is 0 Å². The Balaban J connectivity index is 1.97. The summed E-state index contributed by atoms with van der Waals surface area (Å²) in [6, 6.07) is 12.3. The van der Waals surface area contributed by atoms with Crippen LogP contribution in [0.4, 0.5) is 11.6 Å². The molecule has 3 rings (SSSR count). The van der Waals surface area contributed by atoms with Gasteiger partial charge < -0.3 is 9.72 Å². The molecule has 0 atom stereocenters. The van der Waals surface area contributed by atoms with Gasteiger partial charge in [-0.05, 0) is 24.3 Å². The number of fused-ring (bicyclic) bond motifs is 1. The molecule has 0 aromatic carbocycles. The molecule has 24 heavy (non-hydrogen) atoms. The van der Waals surface area contributed by atoms with Crippen molar-refractivity contribution in [3.8, 4) is 0 Å². The normalized spacial score (nSPS) is 12.6. The second-order valence-electron chi connectivity index (χ2n) is 8.30. The highest BCUT2D eigenvalue weighted by Crippen LogP contribution is 2.26. The SMILES string of the molecule is CC(C)(C)c1cccc(Nc2cn3c(C(C)(C)C)cccc3n2)n1. The minimum atomic E-state index is 0.0238. The Morgan fingerprint density at radius 2 is 1.50 bits per heavy atom. The van der Waals surface area contributed by atoms with Gasteiger partial charge in [0.1, 0.15) is 11.5 Å². The maximum atomic E-state index is 4.72. The lowest BCUT2D eigenvalue weighted by atomic mass is 9.91. The zero-order chi connectivity index (χ0) is 17.5. The number of aromatic nitrogens is 3. The minimum Gasteiger partial charge on any atom is -0.324 e. The summed E-state index contributed by atoms with van der Waals surface area (Å²) in [6.45, 7) is 13.1. The van der Waals surface area contributed by atoms with Gasteiger partial charge in [-0.1, -0.05) is 53.7 Å². The fourth-order valence-corrected chi connectivity index (χ4v) is 2.74. The maximum absolute atomic E-state index is 4.72. The van der Waals surface area contributed by atoms with Crippen molar-refractivity contribution in [2.24, 2.45) is 0 Å². The van der Waals surface area contributed by atoms with E-state index in [0.29, 0.717) is 0 Å². The predicted molar refractivity (Wildman–Crippen MR) is 100 cm³/mol. The van der Waals surface area contributed by atoms with Crippen LogP contribution in [0.2, 0.25) is 0 Å². The highest BCUT2D eigenvalue weighted by molar-refractivity contribution is 5.57. The van der Waals surface area contributed by atoms with Crippen LogP contribution in [-0.2, 0) is 10.8 Å². The number of imidazole rings is 1. The Morgan fingerprint density at radius 3 is 2.17 bits per heavy atom. The molecule has 3 aromatic rings. The van der Waals surface area contributed by atoms with E-state index in [0.717, 1.165) is 23.0 Å². The van der Waals surface area contributed by atoms with Crippen LogP contribution in [0.5, 0.6) is 0 Å². The summed E-state index contributed by atoms with van der Waals surface area (Å²) in [5.74, 6) is 1.63. The number of pyridine rings is 2. The lowest BCUT2D eigenvalue weighted by Gasteiger charge is -2.20. The van der Waals surface area contributed by atoms with Crippen molar-refractivity contribution in [3.05, 3.63) is 54.0 Å². The van der Waals surface area contributed by atoms with E-state index in [2.05, 4.69) is 74.4 Å². The van der Waals surface area contributed by atoms with Gasteiger partial charge in [-0.15, -0.1) is 0 Å². The molecule has 0 radical (unpaired) electrons. The van der Waals surface area contributed by atoms with Gasteiger partial charge in [0.15, 0.2) is 5.82 Å². The van der Waals surface area contributed by atoms with Crippen LogP contribution in [0, 0.1) is 0 Å². The van der Waals surface area contributed by atoms with Crippen LogP contribution in [0.25, 0.3) is 5.65 Å². The van der Waals surface area contributed by atoms with Crippen LogP contribution in [-0.4, -0.2) is 14.4 Å². The summed E-state index contributed by atoms with van der Waals surface area (Å²) >= 11 is 0. The zero-order valence-corrected chi connectivity index (χ0v) is 15.4. The molecule has 0 amide bonds. The lowest BCUT2D eigenvalue weighted by Crippen LogP contribution is -2.15. The first-order chi connectivity index (χ1) is 11.1. The highest BCUT2D eigenvalue weighted by Gasteiger charge is 2.18. The van der Waals surface area contributed by atoms with E-state index in [1.54, 1.807) is 0 Å². The second-order valence-corrected chi connectivity index (χ2v) is 8.30. The van der Waals surface area contributed by atoms with Gasteiger partial charge in [-0.25, -0.2) is 9.97 Å². The lowest BCUT2D eigenvalue weighted by molar-refractivity contribution is 0.561. The first kappa shape index (κ1) is 16.5. The van der Waals surface area contributed by atoms with E-state index in [1.165, 1.54) is 5.69 Å². The van der Waals surface area contributed by atoms with E-state index in [4.69, 9.17) is 4.98 Å². The fourth-order valence-electron chi connectivity index (χ4n) is 2.74. The molecule has 0 fully saturated rings. The van der Waals surface area contributed by atoms with E-state index >= 15 is 0 Å². The van der Waals surface area contributed by atoms with Gasteiger partial charge in [-0.3, -0.25) is 0 Å². The molecule has 0 saturated heterocycles. The summed E-state index contributed by atoms with van der Waals surface area (Å²) < 4.78 is 2.15. The maximum Gasteiger partial charge on any atom is 0.150 e. The first-order valence-corrected chi connectivity index (χ1v) is 8.38. The van der Waals surface area contributed by atoms with E-state index in [-0.39, 0.29) is 10.8 Å². The molecule has 126 valence electrons. The van der Waals surface area contributed by atoms with Crippen molar-refractivity contribution >= 4 is 17.3 Å². The van der Waals surface area contributed by atoms with Crippen molar-refractivity contribution in [3.63, 3.8) is 0 Å². The quantitative estimate of drug-likeness (QED) is 0.716. The molecule has 0 unspecified atom stereocenters. The summed E-state index contributed by atoms with van der Waals surface area (Å²) in [7, 11) is 0. The molecule has 0 aliphatic rings. The summed E-state index contributed by atoms with van der Waals surface area (Å²) in [5.41, 5.74) is 3.32. The fraction of sp³-hybridized carbons (Fsp3) is 0.400. The number of hydrogen-bond acceptors (Lipinski definition) is 3. The number of nitrogens with one attached hydrogen (secondary N) is 1. The van der Waals surface area contributed by atoms with Crippen molar-refractivity contribution in [2.75, 3.05) is 5.32 Å². The van der Waals surface area contributed by atoms with E-state index < -0.39 is 0 Å². The molecular weight excluding hydrogens is 296 g/mol. The number of anilines is 2. The Bertz CT molecular complexity index is 863. The van der Waals surface area contributed by atoms with Gasteiger partial charge in [0.25, 0.3) is 0 Å². The molecule has 0 aliphatic carbocycles. The topological polar surface area (TPSA) is 42.2 Å². The largest absolute Gasteiger partial charge is 0.324 e. The average Bonchev–Trinajstić information content (AvgIpc) is 2.87. The molecule has 0 aliphatic heterocycles. The average molecular weight is 322 g/mol. The molecule has 4 nitrogen and oxygen atoms in total. The Labute approximate surface area is 144 Å². The third kappa shape index (κ3) is 3.28. The standard InChI is InChI=1S/C20H26N4/c1-19(2,3)14-9-7-11-16(21-14)22-17-13-24-15(20(4,5)6)10-8-12-18(24)23-17/h7-13H,1-6H3,(H,21,22).